The van der Waals surface area contributed by atoms with Gasteiger partial charge in [-0.1, -0.05) is 24.3 Å². The molecule has 0 spiro atoms. The van der Waals surface area contributed by atoms with E-state index in [4.69, 9.17) is 21.6 Å². The van der Waals surface area contributed by atoms with Gasteiger partial charge in [-0.05, 0) is 35.2 Å². The Balaban J connectivity index is 1.56. The first kappa shape index (κ1) is 22.3. The molecular formula is C24H28N8O. The Morgan fingerprint density at radius 1 is 1.27 bits per heavy atom. The van der Waals surface area contributed by atoms with E-state index < -0.39 is 0 Å². The summed E-state index contributed by atoms with van der Waals surface area (Å²) in [5.41, 5.74) is 16.5. The number of nitrogens with two attached hydrogens (primary N) is 2. The van der Waals surface area contributed by atoms with Gasteiger partial charge in [-0.3, -0.25) is 9.89 Å². The number of ether oxygens (including phenoxy) is 1. The number of benzene rings is 2. The van der Waals surface area contributed by atoms with Gasteiger partial charge in [-0.2, -0.15) is 4.98 Å². The van der Waals surface area contributed by atoms with Crippen LogP contribution in [-0.2, 0) is 13.0 Å². The van der Waals surface area contributed by atoms with Crippen molar-refractivity contribution in [2.75, 3.05) is 33.0 Å². The van der Waals surface area contributed by atoms with Crippen LogP contribution >= 0.6 is 0 Å². The number of anilines is 1. The van der Waals surface area contributed by atoms with Crippen molar-refractivity contribution in [2.24, 2.45) is 15.7 Å². The quantitative estimate of drug-likeness (QED) is 0.378. The summed E-state index contributed by atoms with van der Waals surface area (Å²) in [5, 5.41) is 8.42. The van der Waals surface area contributed by atoms with Crippen LogP contribution in [0.1, 0.15) is 22.6 Å². The fourth-order valence-electron chi connectivity index (χ4n) is 4.14. The molecule has 5 N–H and O–H groups in total. The Bertz CT molecular complexity index is 1240. The second-order valence-electron chi connectivity index (χ2n) is 7.95. The number of nitrogens with one attached hydrogen (secondary N) is 1. The third kappa shape index (κ3) is 4.83. The zero-order valence-electron chi connectivity index (χ0n) is 18.8. The fraction of sp³-hybridized carbons (Fsp3) is 0.292. The van der Waals surface area contributed by atoms with E-state index in [1.807, 2.05) is 18.2 Å². The van der Waals surface area contributed by atoms with Crippen LogP contribution in [0, 0.1) is 5.41 Å². The lowest BCUT2D eigenvalue weighted by Gasteiger charge is -2.29. The van der Waals surface area contributed by atoms with Gasteiger partial charge in [0, 0.05) is 38.0 Å². The second kappa shape index (κ2) is 9.74. The lowest BCUT2D eigenvalue weighted by molar-refractivity contribution is 0.289. The standard InChI is InChI=1S/C24H28N8O/c1-28-12-18(11-25)16-7-6-15-8-9-32(13-17(15)10-16)14-21(26)29-23-19-4-3-5-20(33-2)22(19)30-24(27)31-23/h3-7,10-12,18,25H,8-9,13-14H2,1-2H3,(H4,26,27,29,30,31). The summed E-state index contributed by atoms with van der Waals surface area (Å²) in [6, 6.07) is 12.0. The summed E-state index contributed by atoms with van der Waals surface area (Å²) >= 11 is 0. The Hall–Kier alpha value is -3.85. The van der Waals surface area contributed by atoms with E-state index in [2.05, 4.69) is 43.1 Å². The highest BCUT2D eigenvalue weighted by Crippen LogP contribution is 2.30. The van der Waals surface area contributed by atoms with Crippen molar-refractivity contribution < 1.29 is 4.74 Å². The van der Waals surface area contributed by atoms with Crippen molar-refractivity contribution in [3.8, 4) is 5.75 Å². The molecule has 2 heterocycles. The molecule has 0 amide bonds. The maximum atomic E-state index is 7.69. The summed E-state index contributed by atoms with van der Waals surface area (Å²) in [7, 11) is 3.31. The Morgan fingerprint density at radius 2 is 2.12 bits per heavy atom. The molecule has 1 atom stereocenters. The topological polar surface area (TPSA) is 139 Å². The highest BCUT2D eigenvalue weighted by Gasteiger charge is 2.19. The maximum Gasteiger partial charge on any atom is 0.222 e. The van der Waals surface area contributed by atoms with E-state index in [9.17, 15) is 0 Å². The van der Waals surface area contributed by atoms with Gasteiger partial charge in [0.1, 0.15) is 17.1 Å². The van der Waals surface area contributed by atoms with Gasteiger partial charge in [0.25, 0.3) is 0 Å². The van der Waals surface area contributed by atoms with Crippen LogP contribution in [0.3, 0.4) is 0 Å². The normalized spacial score (nSPS) is 15.5. The molecule has 1 aliphatic heterocycles. The van der Waals surface area contributed by atoms with Crippen LogP contribution < -0.4 is 16.2 Å². The number of rotatable bonds is 7. The van der Waals surface area contributed by atoms with Crippen molar-refractivity contribution in [3.05, 3.63) is 53.1 Å². The van der Waals surface area contributed by atoms with Crippen LogP contribution in [-0.4, -0.2) is 60.4 Å². The molecule has 1 aromatic heterocycles. The monoisotopic (exact) mass is 444 g/mol. The van der Waals surface area contributed by atoms with Crippen LogP contribution in [0.5, 0.6) is 5.75 Å². The first-order valence-electron chi connectivity index (χ1n) is 10.7. The number of para-hydroxylation sites is 1. The van der Waals surface area contributed by atoms with E-state index in [0.29, 0.717) is 29.5 Å². The molecule has 0 saturated heterocycles. The summed E-state index contributed by atoms with van der Waals surface area (Å²) in [6.45, 7) is 2.14. The maximum absolute atomic E-state index is 7.69. The van der Waals surface area contributed by atoms with E-state index in [1.54, 1.807) is 20.4 Å². The lowest BCUT2D eigenvalue weighted by Crippen LogP contribution is -2.37. The highest BCUT2D eigenvalue weighted by atomic mass is 16.5. The largest absolute Gasteiger partial charge is 0.494 e. The number of nitrogen functional groups attached to an aromatic ring is 1. The van der Waals surface area contributed by atoms with E-state index in [0.717, 1.165) is 30.5 Å². The highest BCUT2D eigenvalue weighted by molar-refractivity contribution is 5.96. The van der Waals surface area contributed by atoms with Crippen molar-refractivity contribution in [1.29, 1.82) is 5.41 Å². The predicted octanol–water partition coefficient (Wildman–Crippen LogP) is 2.70. The van der Waals surface area contributed by atoms with Crippen molar-refractivity contribution in [2.45, 2.75) is 18.9 Å². The third-order valence-electron chi connectivity index (χ3n) is 5.74. The number of nitrogens with zero attached hydrogens (tertiary/aromatic N) is 5. The van der Waals surface area contributed by atoms with E-state index >= 15 is 0 Å². The fourth-order valence-corrected chi connectivity index (χ4v) is 4.14. The molecule has 33 heavy (non-hydrogen) atoms. The van der Waals surface area contributed by atoms with Gasteiger partial charge in [-0.25, -0.2) is 9.98 Å². The second-order valence-corrected chi connectivity index (χ2v) is 7.95. The smallest absolute Gasteiger partial charge is 0.222 e. The molecule has 0 fully saturated rings. The predicted molar refractivity (Wildman–Crippen MR) is 133 cm³/mol. The zero-order valence-corrected chi connectivity index (χ0v) is 18.8. The molecule has 4 rings (SSSR count). The molecule has 0 bridgehead atoms. The average Bonchev–Trinajstić information content (AvgIpc) is 2.81. The summed E-state index contributed by atoms with van der Waals surface area (Å²) < 4.78 is 5.39. The Labute approximate surface area is 192 Å². The minimum atomic E-state index is -0.115. The molecule has 0 saturated carbocycles. The molecule has 1 unspecified atom stereocenters. The van der Waals surface area contributed by atoms with E-state index in [-0.39, 0.29) is 11.9 Å². The minimum Gasteiger partial charge on any atom is -0.494 e. The first-order chi connectivity index (χ1) is 16.0. The van der Waals surface area contributed by atoms with Gasteiger partial charge in [0.2, 0.25) is 5.95 Å². The molecule has 170 valence electrons. The molecule has 1 aliphatic rings. The number of amidine groups is 1. The summed E-state index contributed by atoms with van der Waals surface area (Å²) in [5.74, 6) is 1.50. The van der Waals surface area contributed by atoms with Gasteiger partial charge in [-0.15, -0.1) is 0 Å². The van der Waals surface area contributed by atoms with Gasteiger partial charge in [0.05, 0.1) is 19.6 Å². The van der Waals surface area contributed by atoms with Crippen LogP contribution in [0.2, 0.25) is 0 Å². The lowest BCUT2D eigenvalue weighted by atomic mass is 9.93. The van der Waals surface area contributed by atoms with Gasteiger partial charge >= 0.3 is 0 Å². The molecule has 3 aromatic rings. The minimum absolute atomic E-state index is 0.115. The summed E-state index contributed by atoms with van der Waals surface area (Å²) in [6.07, 6.45) is 4.13. The van der Waals surface area contributed by atoms with Crippen molar-refractivity contribution in [3.63, 3.8) is 0 Å². The van der Waals surface area contributed by atoms with Crippen LogP contribution in [0.15, 0.2) is 46.4 Å². The number of hydrogen-bond acceptors (Lipinski definition) is 8. The number of aliphatic imine (C=N–C) groups is 2. The number of aromatic nitrogens is 2. The number of methoxy groups -OCH3 is 1. The SMILES string of the molecule is CN=CC(C=N)c1ccc2c(c1)CN(CC(N)=Nc1nc(N)nc3c(OC)cccc13)CC2. The third-order valence-corrected chi connectivity index (χ3v) is 5.74. The summed E-state index contributed by atoms with van der Waals surface area (Å²) in [4.78, 5) is 19.5. The zero-order chi connectivity index (χ0) is 23.4. The number of fused-ring (bicyclic) bond motifs is 2. The van der Waals surface area contributed by atoms with Crippen molar-refractivity contribution in [1.82, 2.24) is 14.9 Å². The van der Waals surface area contributed by atoms with Gasteiger partial charge < -0.3 is 21.6 Å². The van der Waals surface area contributed by atoms with Crippen LogP contribution in [0.25, 0.3) is 10.9 Å². The molecular weight excluding hydrogens is 416 g/mol. The molecule has 9 heteroatoms. The van der Waals surface area contributed by atoms with Gasteiger partial charge in [0.15, 0.2) is 5.82 Å². The molecule has 2 aromatic carbocycles. The number of hydrogen-bond donors (Lipinski definition) is 3. The van der Waals surface area contributed by atoms with E-state index in [1.165, 1.54) is 17.3 Å². The van der Waals surface area contributed by atoms with Crippen molar-refractivity contribution >= 4 is 40.9 Å². The first-order valence-corrected chi connectivity index (χ1v) is 10.7. The molecule has 9 nitrogen and oxygen atoms in total. The Morgan fingerprint density at radius 3 is 2.88 bits per heavy atom. The average molecular weight is 445 g/mol. The molecule has 0 radical (unpaired) electrons. The van der Waals surface area contributed by atoms with Crippen LogP contribution in [0.4, 0.5) is 11.8 Å². The Kier molecular flexibility index (Phi) is 6.60. The molecule has 0 aliphatic carbocycles.